The number of nitrogens with two attached hydrogens (primary N) is 1. The normalized spacial score (nSPS) is 14.8. The van der Waals surface area contributed by atoms with E-state index < -0.39 is 43.5 Å². The molecule has 0 bridgehead atoms. The Morgan fingerprint density at radius 2 is 2.15 bits per heavy atom. The number of sulfonamides is 1. The van der Waals surface area contributed by atoms with E-state index in [2.05, 4.69) is 0 Å². The van der Waals surface area contributed by atoms with Gasteiger partial charge in [-0.3, -0.25) is 10.1 Å². The lowest BCUT2D eigenvalue weighted by molar-refractivity contribution is -0.385. The van der Waals surface area contributed by atoms with Gasteiger partial charge in [-0.25, -0.2) is 17.5 Å². The Kier molecular flexibility index (Phi) is 5.11. The second kappa shape index (κ2) is 6.22. The number of non-ortho nitro benzene ring substituents is 1. The summed E-state index contributed by atoms with van der Waals surface area (Å²) in [4.78, 5) is 8.88. The third-order valence-corrected chi connectivity index (χ3v) is 4.00. The SMILES string of the molecule is CC(O)C(N)CNS(=O)(=O)c1ccc([N+](=O)[O-])cc1F. The fourth-order valence-electron chi connectivity index (χ4n) is 1.28. The second-order valence-electron chi connectivity index (χ2n) is 4.13. The van der Waals surface area contributed by atoms with Crippen molar-refractivity contribution in [2.75, 3.05) is 6.54 Å². The summed E-state index contributed by atoms with van der Waals surface area (Å²) in [5.41, 5.74) is 4.89. The maximum atomic E-state index is 13.6. The van der Waals surface area contributed by atoms with Gasteiger partial charge in [0, 0.05) is 18.7 Å². The van der Waals surface area contributed by atoms with Crippen LogP contribution in [0.25, 0.3) is 0 Å². The molecule has 2 unspecified atom stereocenters. The molecular weight excluding hydrogens is 293 g/mol. The number of hydrogen-bond donors (Lipinski definition) is 3. The van der Waals surface area contributed by atoms with Crippen molar-refractivity contribution in [2.24, 2.45) is 5.73 Å². The summed E-state index contributed by atoms with van der Waals surface area (Å²) < 4.78 is 39.2. The van der Waals surface area contributed by atoms with E-state index in [1.54, 1.807) is 0 Å². The van der Waals surface area contributed by atoms with Gasteiger partial charge in [0.05, 0.1) is 17.1 Å². The molecule has 0 aliphatic rings. The quantitative estimate of drug-likeness (QED) is 0.488. The van der Waals surface area contributed by atoms with Crippen LogP contribution in [0.2, 0.25) is 0 Å². The van der Waals surface area contributed by atoms with E-state index in [9.17, 15) is 22.9 Å². The standard InChI is InChI=1S/C10H14FN3O5S/c1-6(15)9(12)5-13-20(18,19)10-3-2-7(14(16)17)4-8(10)11/h2-4,6,9,13,15H,5,12H2,1H3. The van der Waals surface area contributed by atoms with Gasteiger partial charge in [-0.05, 0) is 13.0 Å². The summed E-state index contributed by atoms with van der Waals surface area (Å²) >= 11 is 0. The monoisotopic (exact) mass is 307 g/mol. The van der Waals surface area contributed by atoms with Crippen molar-refractivity contribution >= 4 is 15.7 Å². The number of aliphatic hydroxyl groups is 1. The molecule has 0 saturated carbocycles. The number of nitrogens with one attached hydrogen (secondary N) is 1. The smallest absolute Gasteiger partial charge is 0.272 e. The topological polar surface area (TPSA) is 136 Å². The molecule has 1 aromatic rings. The highest BCUT2D eigenvalue weighted by atomic mass is 32.2. The average Bonchev–Trinajstić information content (AvgIpc) is 2.35. The van der Waals surface area contributed by atoms with E-state index >= 15 is 0 Å². The minimum atomic E-state index is -4.20. The van der Waals surface area contributed by atoms with E-state index in [1.165, 1.54) is 6.92 Å². The summed E-state index contributed by atoms with van der Waals surface area (Å²) in [6, 6.07) is 1.34. The summed E-state index contributed by atoms with van der Waals surface area (Å²) in [6.45, 7) is 1.09. The van der Waals surface area contributed by atoms with Crippen LogP contribution in [0, 0.1) is 15.9 Å². The van der Waals surface area contributed by atoms with Crippen LogP contribution in [-0.4, -0.2) is 37.1 Å². The molecule has 0 aliphatic heterocycles. The molecule has 2 atom stereocenters. The van der Waals surface area contributed by atoms with Crippen molar-refractivity contribution in [2.45, 2.75) is 24.0 Å². The molecule has 0 radical (unpaired) electrons. The number of nitro benzene ring substituents is 1. The number of rotatable bonds is 6. The number of halogens is 1. The van der Waals surface area contributed by atoms with E-state index in [-0.39, 0.29) is 6.54 Å². The minimum Gasteiger partial charge on any atom is -0.392 e. The Bertz CT molecular complexity index is 605. The first kappa shape index (κ1) is 16.4. The van der Waals surface area contributed by atoms with Crippen LogP contribution in [0.15, 0.2) is 23.1 Å². The number of aliphatic hydroxyl groups excluding tert-OH is 1. The molecule has 0 aromatic heterocycles. The molecule has 0 saturated heterocycles. The van der Waals surface area contributed by atoms with E-state index in [1.807, 2.05) is 4.72 Å². The summed E-state index contributed by atoms with van der Waals surface area (Å²) in [5, 5.41) is 19.6. The molecule has 1 rings (SSSR count). The van der Waals surface area contributed by atoms with Crippen molar-refractivity contribution in [3.8, 4) is 0 Å². The van der Waals surface area contributed by atoms with Crippen LogP contribution in [-0.2, 0) is 10.0 Å². The molecular formula is C10H14FN3O5S. The lowest BCUT2D eigenvalue weighted by atomic mass is 10.2. The molecule has 112 valence electrons. The fourth-order valence-corrected chi connectivity index (χ4v) is 2.41. The molecule has 0 fully saturated rings. The molecule has 0 heterocycles. The predicted octanol–water partition coefficient (Wildman–Crippen LogP) is -0.280. The van der Waals surface area contributed by atoms with E-state index in [0.29, 0.717) is 6.07 Å². The number of nitrogens with zero attached hydrogens (tertiary/aromatic N) is 1. The first-order valence-electron chi connectivity index (χ1n) is 5.52. The zero-order chi connectivity index (χ0) is 15.5. The van der Waals surface area contributed by atoms with Gasteiger partial charge in [0.1, 0.15) is 10.7 Å². The van der Waals surface area contributed by atoms with Gasteiger partial charge < -0.3 is 10.8 Å². The van der Waals surface area contributed by atoms with Gasteiger partial charge >= 0.3 is 0 Å². The van der Waals surface area contributed by atoms with Crippen LogP contribution >= 0.6 is 0 Å². The lowest BCUT2D eigenvalue weighted by Gasteiger charge is -2.15. The van der Waals surface area contributed by atoms with Crippen molar-refractivity contribution in [1.29, 1.82) is 0 Å². The highest BCUT2D eigenvalue weighted by molar-refractivity contribution is 7.89. The molecule has 8 nitrogen and oxygen atoms in total. The van der Waals surface area contributed by atoms with Crippen LogP contribution in [0.3, 0.4) is 0 Å². The van der Waals surface area contributed by atoms with E-state index in [0.717, 1.165) is 12.1 Å². The third kappa shape index (κ3) is 3.93. The lowest BCUT2D eigenvalue weighted by Crippen LogP contribution is -2.43. The Hall–Kier alpha value is -1.62. The van der Waals surface area contributed by atoms with Gasteiger partial charge in [-0.1, -0.05) is 0 Å². The van der Waals surface area contributed by atoms with Crippen molar-refractivity contribution in [1.82, 2.24) is 4.72 Å². The highest BCUT2D eigenvalue weighted by Gasteiger charge is 2.22. The summed E-state index contributed by atoms with van der Waals surface area (Å²) in [7, 11) is -4.20. The molecule has 0 spiro atoms. The zero-order valence-corrected chi connectivity index (χ0v) is 11.3. The van der Waals surface area contributed by atoms with Crippen molar-refractivity contribution in [3.63, 3.8) is 0 Å². The van der Waals surface area contributed by atoms with Gasteiger partial charge in [0.2, 0.25) is 10.0 Å². The van der Waals surface area contributed by atoms with Gasteiger partial charge in [-0.15, -0.1) is 0 Å². The van der Waals surface area contributed by atoms with Gasteiger partial charge in [0.15, 0.2) is 0 Å². The molecule has 4 N–H and O–H groups in total. The number of nitro groups is 1. The Labute approximate surface area is 114 Å². The van der Waals surface area contributed by atoms with Crippen molar-refractivity contribution < 1.29 is 22.8 Å². The van der Waals surface area contributed by atoms with Gasteiger partial charge in [-0.2, -0.15) is 0 Å². The minimum absolute atomic E-state index is 0.295. The first-order valence-corrected chi connectivity index (χ1v) is 7.00. The highest BCUT2D eigenvalue weighted by Crippen LogP contribution is 2.20. The maximum absolute atomic E-state index is 13.6. The molecule has 0 amide bonds. The summed E-state index contributed by atoms with van der Waals surface area (Å²) in [5.74, 6) is -1.24. The van der Waals surface area contributed by atoms with Crippen LogP contribution in [0.1, 0.15) is 6.92 Å². The fraction of sp³-hybridized carbons (Fsp3) is 0.400. The molecule has 1 aromatic carbocycles. The Balaban J connectivity index is 2.96. The van der Waals surface area contributed by atoms with Crippen molar-refractivity contribution in [3.05, 3.63) is 34.1 Å². The summed E-state index contributed by atoms with van der Waals surface area (Å²) in [6.07, 6.45) is -0.945. The molecule has 10 heteroatoms. The predicted molar refractivity (Wildman–Crippen MR) is 67.9 cm³/mol. The maximum Gasteiger partial charge on any atom is 0.272 e. The average molecular weight is 307 g/mol. The number of hydrogen-bond acceptors (Lipinski definition) is 6. The van der Waals surface area contributed by atoms with Crippen LogP contribution < -0.4 is 10.5 Å². The van der Waals surface area contributed by atoms with E-state index in [4.69, 9.17) is 10.8 Å². The zero-order valence-electron chi connectivity index (χ0n) is 10.5. The number of benzene rings is 1. The molecule has 20 heavy (non-hydrogen) atoms. The van der Waals surface area contributed by atoms with Crippen LogP contribution in [0.5, 0.6) is 0 Å². The largest absolute Gasteiger partial charge is 0.392 e. The second-order valence-corrected chi connectivity index (χ2v) is 5.86. The van der Waals surface area contributed by atoms with Crippen LogP contribution in [0.4, 0.5) is 10.1 Å². The first-order chi connectivity index (χ1) is 9.15. The Morgan fingerprint density at radius 3 is 2.60 bits per heavy atom. The van der Waals surface area contributed by atoms with Gasteiger partial charge in [0.25, 0.3) is 5.69 Å². The molecule has 0 aliphatic carbocycles. The Morgan fingerprint density at radius 1 is 1.55 bits per heavy atom. The third-order valence-electron chi connectivity index (χ3n) is 2.54.